The van der Waals surface area contributed by atoms with Crippen LogP contribution in [0.2, 0.25) is 0 Å². The van der Waals surface area contributed by atoms with Gasteiger partial charge >= 0.3 is 0 Å². The number of rotatable bonds is 4. The van der Waals surface area contributed by atoms with E-state index in [1.807, 2.05) is 21.7 Å². The van der Waals surface area contributed by atoms with Crippen molar-refractivity contribution in [3.05, 3.63) is 39.3 Å². The highest BCUT2D eigenvalue weighted by Gasteiger charge is 2.26. The van der Waals surface area contributed by atoms with Gasteiger partial charge in [0.1, 0.15) is 0 Å². The molecule has 0 unspecified atom stereocenters. The first-order chi connectivity index (χ1) is 10.6. The summed E-state index contributed by atoms with van der Waals surface area (Å²) in [6, 6.07) is 2.38. The first-order valence-electron chi connectivity index (χ1n) is 7.63. The third-order valence-corrected chi connectivity index (χ3v) is 5.04. The number of fused-ring (bicyclic) bond motifs is 1. The van der Waals surface area contributed by atoms with Crippen LogP contribution in [0.25, 0.3) is 0 Å². The van der Waals surface area contributed by atoms with Gasteiger partial charge in [0.2, 0.25) is 0 Å². The summed E-state index contributed by atoms with van der Waals surface area (Å²) in [5, 5.41) is 11.5. The zero-order valence-electron chi connectivity index (χ0n) is 13.3. The van der Waals surface area contributed by atoms with Crippen molar-refractivity contribution in [3.63, 3.8) is 0 Å². The first-order valence-corrected chi connectivity index (χ1v) is 8.57. The predicted molar refractivity (Wildman–Crippen MR) is 88.0 cm³/mol. The molecule has 0 fully saturated rings. The minimum Gasteiger partial charge on any atom is -0.332 e. The van der Waals surface area contributed by atoms with Crippen molar-refractivity contribution in [2.24, 2.45) is 0 Å². The van der Waals surface area contributed by atoms with Gasteiger partial charge in [-0.15, -0.1) is 0 Å². The summed E-state index contributed by atoms with van der Waals surface area (Å²) >= 11 is 1.56. The van der Waals surface area contributed by atoms with Crippen LogP contribution in [0.1, 0.15) is 41.2 Å². The van der Waals surface area contributed by atoms with Crippen molar-refractivity contribution >= 4 is 17.2 Å². The summed E-state index contributed by atoms with van der Waals surface area (Å²) in [6.45, 7) is 6.60. The molecule has 3 heterocycles. The van der Waals surface area contributed by atoms with Crippen LogP contribution in [0.4, 0.5) is 0 Å². The number of carbonyl (C=O) groups is 1. The molecule has 1 aliphatic rings. The minimum absolute atomic E-state index is 0.113. The van der Waals surface area contributed by atoms with Gasteiger partial charge in [-0.3, -0.25) is 14.8 Å². The predicted octanol–water partition coefficient (Wildman–Crippen LogP) is 2.51. The number of amides is 1. The van der Waals surface area contributed by atoms with E-state index < -0.39 is 0 Å². The fraction of sp³-hybridized carbons (Fsp3) is 0.500. The zero-order chi connectivity index (χ0) is 15.7. The number of hydrogen-bond donors (Lipinski definition) is 1. The van der Waals surface area contributed by atoms with Gasteiger partial charge in [0.25, 0.3) is 5.91 Å². The maximum Gasteiger partial charge on any atom is 0.255 e. The van der Waals surface area contributed by atoms with Crippen molar-refractivity contribution in [1.82, 2.24) is 20.0 Å². The highest BCUT2D eigenvalue weighted by molar-refractivity contribution is 7.08. The normalized spacial score (nSPS) is 14.7. The molecule has 0 radical (unpaired) electrons. The van der Waals surface area contributed by atoms with Gasteiger partial charge in [0.15, 0.2) is 0 Å². The lowest BCUT2D eigenvalue weighted by molar-refractivity contribution is 0.0733. The third-order valence-electron chi connectivity index (χ3n) is 4.36. The highest BCUT2D eigenvalue weighted by atomic mass is 32.1. The van der Waals surface area contributed by atoms with Crippen LogP contribution in [-0.4, -0.2) is 45.5 Å². The van der Waals surface area contributed by atoms with E-state index >= 15 is 0 Å². The van der Waals surface area contributed by atoms with Crippen LogP contribution >= 0.6 is 11.3 Å². The summed E-state index contributed by atoms with van der Waals surface area (Å²) in [5.41, 5.74) is 4.28. The Morgan fingerprint density at radius 2 is 2.36 bits per heavy atom. The first kappa shape index (κ1) is 15.2. The quantitative estimate of drug-likeness (QED) is 0.942. The number of nitrogens with one attached hydrogen (secondary N) is 1. The zero-order valence-corrected chi connectivity index (χ0v) is 14.1. The van der Waals surface area contributed by atoms with E-state index in [-0.39, 0.29) is 5.91 Å². The summed E-state index contributed by atoms with van der Waals surface area (Å²) in [6.07, 6.45) is 0.878. The minimum atomic E-state index is 0.113. The SMILES string of the molecule is CC(C)N(C)Cc1n[nH]c2c1CCN(C(=O)c1ccsc1)C2. The summed E-state index contributed by atoms with van der Waals surface area (Å²) < 4.78 is 0. The monoisotopic (exact) mass is 318 g/mol. The van der Waals surface area contributed by atoms with E-state index in [0.29, 0.717) is 12.6 Å². The number of carbonyl (C=O) groups excluding carboxylic acids is 1. The van der Waals surface area contributed by atoms with Crippen molar-refractivity contribution < 1.29 is 4.79 Å². The summed E-state index contributed by atoms with van der Waals surface area (Å²) in [7, 11) is 2.11. The van der Waals surface area contributed by atoms with Gasteiger partial charge < -0.3 is 4.90 Å². The van der Waals surface area contributed by atoms with E-state index in [0.717, 1.165) is 36.5 Å². The number of thiophene rings is 1. The second kappa shape index (κ2) is 6.22. The van der Waals surface area contributed by atoms with E-state index in [1.54, 1.807) is 11.3 Å². The molecule has 1 amide bonds. The molecule has 22 heavy (non-hydrogen) atoms. The Kier molecular flexibility index (Phi) is 4.31. The number of H-pyrrole nitrogens is 1. The number of nitrogens with zero attached hydrogens (tertiary/aromatic N) is 3. The molecule has 0 bridgehead atoms. The van der Waals surface area contributed by atoms with Crippen LogP contribution in [-0.2, 0) is 19.5 Å². The molecule has 2 aromatic rings. The van der Waals surface area contributed by atoms with E-state index in [2.05, 4.69) is 36.0 Å². The van der Waals surface area contributed by atoms with Gasteiger partial charge in [0, 0.05) is 30.1 Å². The van der Waals surface area contributed by atoms with Crippen molar-refractivity contribution in [3.8, 4) is 0 Å². The molecule has 3 rings (SSSR count). The molecule has 0 spiro atoms. The average Bonchev–Trinajstić information content (AvgIpc) is 3.16. The number of aromatic nitrogens is 2. The van der Waals surface area contributed by atoms with Crippen molar-refractivity contribution in [2.45, 2.75) is 39.4 Å². The molecule has 1 aliphatic heterocycles. The van der Waals surface area contributed by atoms with Crippen molar-refractivity contribution in [1.29, 1.82) is 0 Å². The molecule has 0 saturated carbocycles. The van der Waals surface area contributed by atoms with Crippen LogP contribution in [0.15, 0.2) is 16.8 Å². The average molecular weight is 318 g/mol. The Morgan fingerprint density at radius 1 is 1.55 bits per heavy atom. The number of aromatic amines is 1. The fourth-order valence-electron chi connectivity index (χ4n) is 2.68. The summed E-state index contributed by atoms with van der Waals surface area (Å²) in [4.78, 5) is 16.6. The van der Waals surface area contributed by atoms with Gasteiger partial charge in [-0.2, -0.15) is 16.4 Å². The molecule has 6 heteroatoms. The second-order valence-electron chi connectivity index (χ2n) is 6.13. The maximum atomic E-state index is 12.4. The molecule has 0 atom stereocenters. The topological polar surface area (TPSA) is 52.2 Å². The van der Waals surface area contributed by atoms with E-state index in [4.69, 9.17) is 0 Å². The summed E-state index contributed by atoms with van der Waals surface area (Å²) in [5.74, 6) is 0.113. The van der Waals surface area contributed by atoms with Gasteiger partial charge in [-0.25, -0.2) is 0 Å². The Balaban J connectivity index is 1.72. The molecule has 0 saturated heterocycles. The Bertz CT molecular complexity index is 647. The lowest BCUT2D eigenvalue weighted by Gasteiger charge is -2.27. The Morgan fingerprint density at radius 3 is 3.05 bits per heavy atom. The molecule has 1 N–H and O–H groups in total. The van der Waals surface area contributed by atoms with Crippen LogP contribution < -0.4 is 0 Å². The molecule has 0 aromatic carbocycles. The Labute approximate surface area is 134 Å². The van der Waals surface area contributed by atoms with Crippen LogP contribution in [0.5, 0.6) is 0 Å². The fourth-order valence-corrected chi connectivity index (χ4v) is 3.31. The molecular weight excluding hydrogens is 296 g/mol. The smallest absolute Gasteiger partial charge is 0.255 e. The largest absolute Gasteiger partial charge is 0.332 e. The van der Waals surface area contributed by atoms with Gasteiger partial charge in [-0.05, 0) is 38.8 Å². The number of hydrogen-bond acceptors (Lipinski definition) is 4. The molecule has 0 aliphatic carbocycles. The second-order valence-corrected chi connectivity index (χ2v) is 6.91. The lowest BCUT2D eigenvalue weighted by Crippen LogP contribution is -2.36. The van der Waals surface area contributed by atoms with Crippen LogP contribution in [0.3, 0.4) is 0 Å². The van der Waals surface area contributed by atoms with E-state index in [1.165, 1.54) is 5.56 Å². The third kappa shape index (κ3) is 2.94. The van der Waals surface area contributed by atoms with Crippen molar-refractivity contribution in [2.75, 3.05) is 13.6 Å². The van der Waals surface area contributed by atoms with Crippen LogP contribution in [0, 0.1) is 0 Å². The molecule has 5 nitrogen and oxygen atoms in total. The van der Waals surface area contributed by atoms with E-state index in [9.17, 15) is 4.79 Å². The molecule has 118 valence electrons. The highest BCUT2D eigenvalue weighted by Crippen LogP contribution is 2.23. The van der Waals surface area contributed by atoms with Gasteiger partial charge in [0.05, 0.1) is 23.5 Å². The standard InChI is InChI=1S/C16H22N4OS/c1-11(2)19(3)8-14-13-4-6-20(9-15(13)18-17-14)16(21)12-5-7-22-10-12/h5,7,10-11H,4,6,8-9H2,1-3H3,(H,17,18). The Hall–Kier alpha value is -1.66. The molecule has 2 aromatic heterocycles. The van der Waals surface area contributed by atoms with Gasteiger partial charge in [-0.1, -0.05) is 0 Å². The lowest BCUT2D eigenvalue weighted by atomic mass is 10.0. The maximum absolute atomic E-state index is 12.4. The molecular formula is C16H22N4OS.